The summed E-state index contributed by atoms with van der Waals surface area (Å²) in [4.78, 5) is 17.2. The number of halogens is 1. The zero-order chi connectivity index (χ0) is 28.4. The maximum atomic E-state index is 13.7. The number of para-hydroxylation sites is 1. The number of nitrogens with zero attached hydrogens (tertiary/aromatic N) is 3. The van der Waals surface area contributed by atoms with E-state index in [-0.39, 0.29) is 21.7 Å². The predicted octanol–water partition coefficient (Wildman–Crippen LogP) is 3.39. The second kappa shape index (κ2) is 11.5. The number of carbonyl (C=O) groups excluding carboxylic acids is 1. The summed E-state index contributed by atoms with van der Waals surface area (Å²) in [6, 6.07) is 15.3. The Kier molecular flexibility index (Phi) is 7.61. The van der Waals surface area contributed by atoms with Crippen molar-refractivity contribution < 1.29 is 22.3 Å². The van der Waals surface area contributed by atoms with Crippen LogP contribution in [0.4, 0.5) is 15.8 Å². The molecule has 4 aromatic rings. The molecule has 1 amide bonds. The number of nitrogens with one attached hydrogen (secondary N) is 3. The Morgan fingerprint density at radius 3 is 2.54 bits per heavy atom. The molecule has 12 heteroatoms. The maximum absolute atomic E-state index is 13.7. The van der Waals surface area contributed by atoms with E-state index in [0.717, 1.165) is 56.5 Å². The van der Waals surface area contributed by atoms with Crippen LogP contribution >= 0.6 is 0 Å². The van der Waals surface area contributed by atoms with Crippen LogP contribution in [0, 0.1) is 5.82 Å². The molecule has 0 bridgehead atoms. The van der Waals surface area contributed by atoms with Crippen LogP contribution in [0.3, 0.4) is 0 Å². The molecule has 3 heterocycles. The number of fused-ring (bicyclic) bond motifs is 1. The van der Waals surface area contributed by atoms with Gasteiger partial charge in [0.1, 0.15) is 5.82 Å². The van der Waals surface area contributed by atoms with Crippen molar-refractivity contribution in [3.8, 4) is 0 Å². The van der Waals surface area contributed by atoms with E-state index in [1.165, 1.54) is 41.3 Å². The highest BCUT2D eigenvalue weighted by Gasteiger charge is 2.24. The average Bonchev–Trinajstić information content (AvgIpc) is 3.40. The molecule has 2 aliphatic rings. The summed E-state index contributed by atoms with van der Waals surface area (Å²) in [6.45, 7) is 4.74. The van der Waals surface area contributed by atoms with Gasteiger partial charge < -0.3 is 20.3 Å². The first-order valence-corrected chi connectivity index (χ1v) is 15.1. The minimum Gasteiger partial charge on any atom is -0.381 e. The van der Waals surface area contributed by atoms with Crippen molar-refractivity contribution in [2.45, 2.75) is 28.7 Å². The topological polar surface area (TPSA) is 118 Å². The first kappa shape index (κ1) is 27.2. The van der Waals surface area contributed by atoms with Gasteiger partial charge in [0.25, 0.3) is 5.91 Å². The molecule has 0 saturated carbocycles. The van der Waals surface area contributed by atoms with Gasteiger partial charge in [0.15, 0.2) is 0 Å². The standard InChI is InChI=1S/C29H31FN6O4S/c30-21-3-1-4-23(18-21)41(38,39)24-7-8-26-20(17-24)19-32-36(26)34-29(37)25-5-2-6-27(35-13-11-31-12-14-35)28(25)33-22-9-15-40-16-10-22/h1-8,17-19,22,31,33H,9-16H2,(H,34,37). The smallest absolute Gasteiger partial charge is 0.273 e. The van der Waals surface area contributed by atoms with Crippen molar-refractivity contribution in [3.63, 3.8) is 0 Å². The van der Waals surface area contributed by atoms with Gasteiger partial charge in [-0.1, -0.05) is 12.1 Å². The van der Waals surface area contributed by atoms with E-state index in [0.29, 0.717) is 29.7 Å². The number of hydrogen-bond acceptors (Lipinski definition) is 8. The third kappa shape index (κ3) is 5.63. The van der Waals surface area contributed by atoms with Gasteiger partial charge >= 0.3 is 0 Å². The number of benzene rings is 3. The number of ether oxygens (including phenoxy) is 1. The molecule has 0 atom stereocenters. The molecule has 41 heavy (non-hydrogen) atoms. The lowest BCUT2D eigenvalue weighted by molar-refractivity contribution is 0.0904. The highest BCUT2D eigenvalue weighted by atomic mass is 32.2. The van der Waals surface area contributed by atoms with Gasteiger partial charge in [-0.3, -0.25) is 4.79 Å². The number of carbonyl (C=O) groups is 1. The second-order valence-electron chi connectivity index (χ2n) is 10.1. The van der Waals surface area contributed by atoms with Crippen molar-refractivity contribution in [2.24, 2.45) is 0 Å². The van der Waals surface area contributed by atoms with Crippen molar-refractivity contribution in [3.05, 3.63) is 78.2 Å². The number of aromatic nitrogens is 2. The lowest BCUT2D eigenvalue weighted by Crippen LogP contribution is -2.44. The lowest BCUT2D eigenvalue weighted by Gasteiger charge is -2.33. The zero-order valence-electron chi connectivity index (χ0n) is 22.3. The molecule has 0 aliphatic carbocycles. The average molecular weight is 579 g/mol. The Morgan fingerprint density at radius 1 is 1.00 bits per heavy atom. The Labute approximate surface area is 237 Å². The van der Waals surface area contributed by atoms with E-state index in [9.17, 15) is 17.6 Å². The summed E-state index contributed by atoms with van der Waals surface area (Å²) in [6.07, 6.45) is 3.18. The number of rotatable bonds is 7. The Bertz CT molecular complexity index is 1680. The van der Waals surface area contributed by atoms with Crippen LogP contribution in [0.15, 0.2) is 76.7 Å². The number of piperazine rings is 1. The van der Waals surface area contributed by atoms with E-state index < -0.39 is 15.7 Å². The van der Waals surface area contributed by atoms with Crippen molar-refractivity contribution in [1.82, 2.24) is 15.2 Å². The second-order valence-corrected chi connectivity index (χ2v) is 12.1. The molecule has 1 aromatic heterocycles. The molecule has 3 N–H and O–H groups in total. The van der Waals surface area contributed by atoms with Crippen LogP contribution in [0.5, 0.6) is 0 Å². The monoisotopic (exact) mass is 578 g/mol. The predicted molar refractivity (Wildman–Crippen MR) is 154 cm³/mol. The van der Waals surface area contributed by atoms with E-state index in [1.54, 1.807) is 12.1 Å². The zero-order valence-corrected chi connectivity index (χ0v) is 23.2. The van der Waals surface area contributed by atoms with E-state index in [4.69, 9.17) is 4.74 Å². The molecule has 0 spiro atoms. The van der Waals surface area contributed by atoms with Crippen molar-refractivity contribution in [1.29, 1.82) is 0 Å². The number of amides is 1. The first-order valence-electron chi connectivity index (χ1n) is 13.6. The van der Waals surface area contributed by atoms with Gasteiger partial charge in [-0.25, -0.2) is 18.2 Å². The minimum absolute atomic E-state index is 0.00754. The Morgan fingerprint density at radius 2 is 1.76 bits per heavy atom. The van der Waals surface area contributed by atoms with Crippen molar-refractivity contribution >= 4 is 38.0 Å². The SMILES string of the molecule is O=C(Nn1ncc2cc(S(=O)(=O)c3cccc(F)c3)ccc21)c1cccc(N2CCNCC2)c1NC1CCOCC1. The minimum atomic E-state index is -3.94. The molecule has 0 radical (unpaired) electrons. The van der Waals surface area contributed by atoms with Crippen molar-refractivity contribution in [2.75, 3.05) is 55.0 Å². The third-order valence-electron chi connectivity index (χ3n) is 7.48. The molecule has 214 valence electrons. The molecule has 2 aliphatic heterocycles. The summed E-state index contributed by atoms with van der Waals surface area (Å²) >= 11 is 0. The van der Waals surface area contributed by atoms with Crippen LogP contribution in [0.2, 0.25) is 0 Å². The van der Waals surface area contributed by atoms with Crippen LogP contribution in [0.1, 0.15) is 23.2 Å². The summed E-state index contributed by atoms with van der Waals surface area (Å²) in [7, 11) is -3.94. The summed E-state index contributed by atoms with van der Waals surface area (Å²) < 4.78 is 45.4. The molecule has 2 fully saturated rings. The van der Waals surface area contributed by atoms with E-state index >= 15 is 0 Å². The lowest BCUT2D eigenvalue weighted by atomic mass is 10.0. The van der Waals surface area contributed by atoms with Gasteiger partial charge in [0.05, 0.1) is 38.4 Å². The Balaban J connectivity index is 1.30. The van der Waals surface area contributed by atoms with Gasteiger partial charge in [-0.2, -0.15) is 9.89 Å². The number of hydrogen-bond donors (Lipinski definition) is 3. The maximum Gasteiger partial charge on any atom is 0.273 e. The Hall–Kier alpha value is -4.00. The molecule has 2 saturated heterocycles. The van der Waals surface area contributed by atoms with Gasteiger partial charge in [0.2, 0.25) is 9.84 Å². The fraction of sp³-hybridized carbons (Fsp3) is 0.310. The summed E-state index contributed by atoms with van der Waals surface area (Å²) in [5.41, 5.74) is 5.62. The summed E-state index contributed by atoms with van der Waals surface area (Å²) in [5.74, 6) is -0.979. The number of anilines is 2. The largest absolute Gasteiger partial charge is 0.381 e. The molecular formula is C29H31FN6O4S. The van der Waals surface area contributed by atoms with Crippen LogP contribution in [-0.4, -0.2) is 69.6 Å². The van der Waals surface area contributed by atoms with Crippen LogP contribution in [0.25, 0.3) is 10.9 Å². The van der Waals surface area contributed by atoms with Gasteiger partial charge in [0, 0.05) is 50.8 Å². The highest BCUT2D eigenvalue weighted by molar-refractivity contribution is 7.91. The van der Waals surface area contributed by atoms with Gasteiger partial charge in [-0.15, -0.1) is 0 Å². The molecule has 0 unspecified atom stereocenters. The molecule has 10 nitrogen and oxygen atoms in total. The van der Waals surface area contributed by atoms with Crippen LogP contribution < -0.4 is 21.0 Å². The fourth-order valence-corrected chi connectivity index (χ4v) is 6.62. The summed E-state index contributed by atoms with van der Waals surface area (Å²) in [5, 5.41) is 11.8. The third-order valence-corrected chi connectivity index (χ3v) is 9.23. The molecular weight excluding hydrogens is 547 g/mol. The highest BCUT2D eigenvalue weighted by Crippen LogP contribution is 2.32. The number of sulfone groups is 1. The first-order chi connectivity index (χ1) is 19.9. The van der Waals surface area contributed by atoms with E-state index in [1.807, 2.05) is 12.1 Å². The quantitative estimate of drug-likeness (QED) is 0.306. The van der Waals surface area contributed by atoms with Crippen LogP contribution in [-0.2, 0) is 14.6 Å². The fourth-order valence-electron chi connectivity index (χ4n) is 5.29. The molecule has 6 rings (SSSR count). The molecule has 3 aromatic carbocycles. The van der Waals surface area contributed by atoms with E-state index in [2.05, 4.69) is 26.1 Å². The van der Waals surface area contributed by atoms with Gasteiger partial charge in [-0.05, 0) is 61.4 Å². The normalized spacial score (nSPS) is 16.6.